The van der Waals surface area contributed by atoms with Gasteiger partial charge in [0.15, 0.2) is 0 Å². The van der Waals surface area contributed by atoms with E-state index in [2.05, 4.69) is 11.8 Å². The van der Waals surface area contributed by atoms with Crippen LogP contribution >= 0.6 is 0 Å². The van der Waals surface area contributed by atoms with Gasteiger partial charge in [0, 0.05) is 19.0 Å². The highest BCUT2D eigenvalue weighted by atomic mass is 16.5. The summed E-state index contributed by atoms with van der Waals surface area (Å²) in [7, 11) is 0. The van der Waals surface area contributed by atoms with Gasteiger partial charge in [0.2, 0.25) is 0 Å². The van der Waals surface area contributed by atoms with E-state index in [-0.39, 0.29) is 0 Å². The molecule has 66 valence electrons. The Morgan fingerprint density at radius 1 is 1.64 bits per heavy atom. The van der Waals surface area contributed by atoms with Crippen LogP contribution in [0.5, 0.6) is 0 Å². The van der Waals surface area contributed by atoms with E-state index in [1.54, 1.807) is 0 Å². The highest BCUT2D eigenvalue weighted by Crippen LogP contribution is 2.04. The van der Waals surface area contributed by atoms with Gasteiger partial charge in [-0.2, -0.15) is 0 Å². The maximum absolute atomic E-state index is 5.58. The SMILES string of the molecule is CCN1CCOCC(CN)C1. The van der Waals surface area contributed by atoms with Crippen molar-refractivity contribution in [1.29, 1.82) is 0 Å². The zero-order valence-corrected chi connectivity index (χ0v) is 7.25. The van der Waals surface area contributed by atoms with Crippen LogP contribution in [-0.2, 0) is 4.74 Å². The van der Waals surface area contributed by atoms with Crippen LogP contribution in [0, 0.1) is 5.92 Å². The van der Waals surface area contributed by atoms with Gasteiger partial charge in [0.05, 0.1) is 13.2 Å². The van der Waals surface area contributed by atoms with Crippen molar-refractivity contribution in [2.75, 3.05) is 39.4 Å². The van der Waals surface area contributed by atoms with Crippen LogP contribution in [0.1, 0.15) is 6.92 Å². The van der Waals surface area contributed by atoms with Crippen LogP contribution in [0.3, 0.4) is 0 Å². The first-order valence-electron chi connectivity index (χ1n) is 4.37. The summed E-state index contributed by atoms with van der Waals surface area (Å²) in [5.74, 6) is 0.539. The number of hydrogen-bond acceptors (Lipinski definition) is 3. The average molecular weight is 158 g/mol. The van der Waals surface area contributed by atoms with Crippen LogP contribution in [0.2, 0.25) is 0 Å². The van der Waals surface area contributed by atoms with E-state index in [0.717, 1.165) is 39.4 Å². The Bertz CT molecular complexity index is 96.3. The second-order valence-corrected chi connectivity index (χ2v) is 3.07. The molecule has 1 heterocycles. The van der Waals surface area contributed by atoms with Gasteiger partial charge in [-0.3, -0.25) is 0 Å². The number of nitrogens with two attached hydrogens (primary N) is 1. The Labute approximate surface area is 68.5 Å². The van der Waals surface area contributed by atoms with E-state index < -0.39 is 0 Å². The molecule has 0 bridgehead atoms. The molecule has 1 aliphatic rings. The van der Waals surface area contributed by atoms with E-state index >= 15 is 0 Å². The van der Waals surface area contributed by atoms with Gasteiger partial charge in [0.1, 0.15) is 0 Å². The summed E-state index contributed by atoms with van der Waals surface area (Å²) in [5.41, 5.74) is 5.58. The predicted molar refractivity (Wildman–Crippen MR) is 45.5 cm³/mol. The Kier molecular flexibility index (Phi) is 3.83. The third kappa shape index (κ3) is 2.77. The van der Waals surface area contributed by atoms with E-state index in [9.17, 15) is 0 Å². The molecule has 0 amide bonds. The second kappa shape index (κ2) is 4.70. The van der Waals surface area contributed by atoms with Gasteiger partial charge in [0.25, 0.3) is 0 Å². The van der Waals surface area contributed by atoms with Gasteiger partial charge in [-0.25, -0.2) is 0 Å². The predicted octanol–water partition coefficient (Wildman–Crippen LogP) is -0.0866. The fraction of sp³-hybridized carbons (Fsp3) is 1.00. The molecule has 1 aliphatic heterocycles. The van der Waals surface area contributed by atoms with Crippen molar-refractivity contribution in [2.45, 2.75) is 6.92 Å². The summed E-state index contributed by atoms with van der Waals surface area (Å²) in [5, 5.41) is 0. The van der Waals surface area contributed by atoms with E-state index in [1.165, 1.54) is 0 Å². The van der Waals surface area contributed by atoms with E-state index in [1.807, 2.05) is 0 Å². The maximum Gasteiger partial charge on any atom is 0.0593 e. The van der Waals surface area contributed by atoms with Crippen molar-refractivity contribution in [3.63, 3.8) is 0 Å². The summed E-state index contributed by atoms with van der Waals surface area (Å²) >= 11 is 0. The second-order valence-electron chi connectivity index (χ2n) is 3.07. The van der Waals surface area contributed by atoms with Gasteiger partial charge in [-0.15, -0.1) is 0 Å². The lowest BCUT2D eigenvalue weighted by Crippen LogP contribution is -2.32. The molecule has 0 saturated carbocycles. The molecule has 0 spiro atoms. The van der Waals surface area contributed by atoms with Crippen molar-refractivity contribution in [3.8, 4) is 0 Å². The standard InChI is InChI=1S/C8H18N2O/c1-2-10-3-4-11-7-8(5-9)6-10/h8H,2-7,9H2,1H3. The third-order valence-corrected chi connectivity index (χ3v) is 2.20. The molecule has 1 rings (SSSR count). The number of ether oxygens (including phenoxy) is 1. The van der Waals surface area contributed by atoms with Gasteiger partial charge in [-0.1, -0.05) is 6.92 Å². The van der Waals surface area contributed by atoms with Crippen LogP contribution < -0.4 is 5.73 Å². The molecule has 1 saturated heterocycles. The average Bonchev–Trinajstić information content (AvgIpc) is 2.28. The summed E-state index contributed by atoms with van der Waals surface area (Å²) in [6, 6.07) is 0. The van der Waals surface area contributed by atoms with Gasteiger partial charge < -0.3 is 15.4 Å². The molecule has 11 heavy (non-hydrogen) atoms. The Morgan fingerprint density at radius 3 is 3.09 bits per heavy atom. The maximum atomic E-state index is 5.58. The highest BCUT2D eigenvalue weighted by molar-refractivity contribution is 4.68. The summed E-state index contributed by atoms with van der Waals surface area (Å²) in [4.78, 5) is 2.39. The molecule has 1 fully saturated rings. The van der Waals surface area contributed by atoms with Crippen LogP contribution in [-0.4, -0.2) is 44.3 Å². The molecule has 0 aromatic carbocycles. The molecule has 0 radical (unpaired) electrons. The fourth-order valence-corrected chi connectivity index (χ4v) is 1.38. The number of nitrogens with zero attached hydrogens (tertiary/aromatic N) is 1. The zero-order valence-electron chi connectivity index (χ0n) is 7.25. The Morgan fingerprint density at radius 2 is 2.45 bits per heavy atom. The normalized spacial score (nSPS) is 28.4. The Balaban J connectivity index is 2.33. The lowest BCUT2D eigenvalue weighted by molar-refractivity contribution is 0.124. The molecule has 1 atom stereocenters. The number of rotatable bonds is 2. The summed E-state index contributed by atoms with van der Waals surface area (Å²) in [6.45, 7) is 7.91. The highest BCUT2D eigenvalue weighted by Gasteiger charge is 2.15. The van der Waals surface area contributed by atoms with E-state index in [0.29, 0.717) is 5.92 Å². The lowest BCUT2D eigenvalue weighted by atomic mass is 10.1. The number of likely N-dealkylation sites (N-methyl/N-ethyl adjacent to an activating group) is 1. The zero-order chi connectivity index (χ0) is 8.10. The van der Waals surface area contributed by atoms with Crippen LogP contribution in [0.4, 0.5) is 0 Å². The smallest absolute Gasteiger partial charge is 0.0593 e. The minimum atomic E-state index is 0.539. The summed E-state index contributed by atoms with van der Waals surface area (Å²) in [6.07, 6.45) is 0. The van der Waals surface area contributed by atoms with Crippen molar-refractivity contribution in [1.82, 2.24) is 4.90 Å². The molecule has 0 aromatic rings. The molecule has 3 heteroatoms. The third-order valence-electron chi connectivity index (χ3n) is 2.20. The Hall–Kier alpha value is -0.120. The first-order valence-corrected chi connectivity index (χ1v) is 4.37. The van der Waals surface area contributed by atoms with Gasteiger partial charge in [-0.05, 0) is 13.1 Å². The molecule has 2 N–H and O–H groups in total. The monoisotopic (exact) mass is 158 g/mol. The molecule has 3 nitrogen and oxygen atoms in total. The van der Waals surface area contributed by atoms with Crippen molar-refractivity contribution in [3.05, 3.63) is 0 Å². The fourth-order valence-electron chi connectivity index (χ4n) is 1.38. The van der Waals surface area contributed by atoms with Gasteiger partial charge >= 0.3 is 0 Å². The minimum Gasteiger partial charge on any atom is -0.380 e. The minimum absolute atomic E-state index is 0.539. The van der Waals surface area contributed by atoms with Crippen LogP contribution in [0.15, 0.2) is 0 Å². The van der Waals surface area contributed by atoms with Crippen molar-refractivity contribution in [2.24, 2.45) is 11.7 Å². The molecule has 1 unspecified atom stereocenters. The first-order chi connectivity index (χ1) is 5.36. The lowest BCUT2D eigenvalue weighted by Gasteiger charge is -2.19. The van der Waals surface area contributed by atoms with Crippen molar-refractivity contribution < 1.29 is 4.74 Å². The largest absolute Gasteiger partial charge is 0.380 e. The van der Waals surface area contributed by atoms with E-state index in [4.69, 9.17) is 10.5 Å². The quantitative estimate of drug-likeness (QED) is 0.610. The first kappa shape index (κ1) is 8.97. The molecular weight excluding hydrogens is 140 g/mol. The summed E-state index contributed by atoms with van der Waals surface area (Å²) < 4.78 is 5.41. The van der Waals surface area contributed by atoms with Crippen molar-refractivity contribution >= 4 is 0 Å². The van der Waals surface area contributed by atoms with Crippen LogP contribution in [0.25, 0.3) is 0 Å². The number of hydrogen-bond donors (Lipinski definition) is 1. The molecule has 0 aromatic heterocycles. The molecular formula is C8H18N2O. The molecule has 0 aliphatic carbocycles. The topological polar surface area (TPSA) is 38.5 Å².